The molecule has 0 aliphatic heterocycles. The second kappa shape index (κ2) is 8.60. The largest absolute Gasteiger partial charge is 0.366 e. The number of nitrogens with zero attached hydrogens (tertiary/aromatic N) is 1. The van der Waals surface area contributed by atoms with Crippen LogP contribution >= 0.6 is 11.3 Å². The fourth-order valence-corrected chi connectivity index (χ4v) is 3.81. The number of carbonyl (C=O) groups excluding carboxylic acids is 2. The first-order chi connectivity index (χ1) is 13.0. The fraction of sp³-hybridized carbons (Fsp3) is 0.190. The number of nitrogens with two attached hydrogens (primary N) is 1. The molecular formula is C21H21N3O2S. The maximum atomic E-state index is 12.5. The average Bonchev–Trinajstić information content (AvgIpc) is 3.03. The standard InChI is InChI=1S/C21H21N3O2S/c1-14-19(27-18(24-14)13-15-6-3-2-4-7-15)21(26)23-11-10-16-8-5-9-17(12-16)20(22)25/h2-9,12H,10-11,13H2,1H3,(H2,22,25)(H,23,26). The molecular weight excluding hydrogens is 358 g/mol. The molecule has 3 N–H and O–H groups in total. The molecule has 0 aliphatic rings. The quantitative estimate of drug-likeness (QED) is 0.661. The molecule has 3 rings (SSSR count). The lowest BCUT2D eigenvalue weighted by Crippen LogP contribution is -2.25. The van der Waals surface area contributed by atoms with Gasteiger partial charge in [-0.25, -0.2) is 4.98 Å². The third-order valence-electron chi connectivity index (χ3n) is 4.16. The van der Waals surface area contributed by atoms with E-state index in [-0.39, 0.29) is 5.91 Å². The van der Waals surface area contributed by atoms with Crippen LogP contribution in [0.4, 0.5) is 0 Å². The molecule has 0 fully saturated rings. The van der Waals surface area contributed by atoms with Gasteiger partial charge in [0.2, 0.25) is 5.91 Å². The molecule has 138 valence electrons. The molecule has 1 heterocycles. The van der Waals surface area contributed by atoms with Crippen molar-refractivity contribution in [3.8, 4) is 0 Å². The van der Waals surface area contributed by atoms with E-state index in [9.17, 15) is 9.59 Å². The molecule has 1 aromatic heterocycles. The van der Waals surface area contributed by atoms with Gasteiger partial charge in [-0.2, -0.15) is 0 Å². The van der Waals surface area contributed by atoms with Gasteiger partial charge in [0.25, 0.3) is 5.91 Å². The summed E-state index contributed by atoms with van der Waals surface area (Å²) in [5, 5.41) is 3.86. The number of carbonyl (C=O) groups is 2. The zero-order chi connectivity index (χ0) is 19.2. The summed E-state index contributed by atoms with van der Waals surface area (Å²) in [4.78, 5) is 28.9. The smallest absolute Gasteiger partial charge is 0.263 e. The second-order valence-electron chi connectivity index (χ2n) is 6.26. The molecule has 0 radical (unpaired) electrons. The summed E-state index contributed by atoms with van der Waals surface area (Å²) in [5.41, 5.74) is 8.65. The summed E-state index contributed by atoms with van der Waals surface area (Å²) in [6, 6.07) is 17.2. The van der Waals surface area contributed by atoms with Crippen molar-refractivity contribution in [3.05, 3.63) is 86.9 Å². The molecule has 0 saturated carbocycles. The Labute approximate surface area is 162 Å². The molecule has 0 unspecified atom stereocenters. The van der Waals surface area contributed by atoms with E-state index in [4.69, 9.17) is 5.73 Å². The lowest BCUT2D eigenvalue weighted by Gasteiger charge is -2.05. The Morgan fingerprint density at radius 2 is 1.81 bits per heavy atom. The van der Waals surface area contributed by atoms with E-state index in [2.05, 4.69) is 22.4 Å². The Morgan fingerprint density at radius 1 is 1.07 bits per heavy atom. The second-order valence-corrected chi connectivity index (χ2v) is 7.34. The van der Waals surface area contributed by atoms with Gasteiger partial charge in [-0.05, 0) is 36.6 Å². The number of hydrogen-bond donors (Lipinski definition) is 2. The van der Waals surface area contributed by atoms with E-state index in [0.717, 1.165) is 22.7 Å². The number of rotatable bonds is 7. The fourth-order valence-electron chi connectivity index (χ4n) is 2.79. The highest BCUT2D eigenvalue weighted by Gasteiger charge is 2.15. The number of primary amides is 1. The topological polar surface area (TPSA) is 85.1 Å². The normalized spacial score (nSPS) is 10.6. The molecule has 5 nitrogen and oxygen atoms in total. The van der Waals surface area contributed by atoms with Gasteiger partial charge >= 0.3 is 0 Å². The number of nitrogens with one attached hydrogen (secondary N) is 1. The summed E-state index contributed by atoms with van der Waals surface area (Å²) < 4.78 is 0. The van der Waals surface area contributed by atoms with Gasteiger partial charge in [0.05, 0.1) is 10.7 Å². The van der Waals surface area contributed by atoms with Crippen molar-refractivity contribution in [2.45, 2.75) is 19.8 Å². The SMILES string of the molecule is Cc1nc(Cc2ccccc2)sc1C(=O)NCCc1cccc(C(N)=O)c1. The van der Waals surface area contributed by atoms with Crippen molar-refractivity contribution in [1.82, 2.24) is 10.3 Å². The van der Waals surface area contributed by atoms with Crippen molar-refractivity contribution in [3.63, 3.8) is 0 Å². The van der Waals surface area contributed by atoms with Crippen LogP contribution in [0.3, 0.4) is 0 Å². The van der Waals surface area contributed by atoms with Crippen LogP contribution in [-0.4, -0.2) is 23.3 Å². The molecule has 0 saturated heterocycles. The van der Waals surface area contributed by atoms with Gasteiger partial charge in [-0.3, -0.25) is 9.59 Å². The van der Waals surface area contributed by atoms with Gasteiger partial charge in [0, 0.05) is 18.5 Å². The van der Waals surface area contributed by atoms with Crippen LogP contribution in [0.2, 0.25) is 0 Å². The molecule has 6 heteroatoms. The first-order valence-electron chi connectivity index (χ1n) is 8.70. The number of thiazole rings is 1. The summed E-state index contributed by atoms with van der Waals surface area (Å²) in [6.07, 6.45) is 1.35. The Kier molecular flexibility index (Phi) is 5.98. The highest BCUT2D eigenvalue weighted by Crippen LogP contribution is 2.20. The van der Waals surface area contributed by atoms with Crippen LogP contribution < -0.4 is 11.1 Å². The van der Waals surface area contributed by atoms with Gasteiger partial charge in [0.1, 0.15) is 4.88 Å². The minimum atomic E-state index is -0.452. The first-order valence-corrected chi connectivity index (χ1v) is 9.52. The van der Waals surface area contributed by atoms with E-state index in [1.165, 1.54) is 16.9 Å². The van der Waals surface area contributed by atoms with E-state index in [1.54, 1.807) is 18.2 Å². The third-order valence-corrected chi connectivity index (χ3v) is 5.31. The molecule has 3 aromatic rings. The maximum absolute atomic E-state index is 12.5. The summed E-state index contributed by atoms with van der Waals surface area (Å²) in [7, 11) is 0. The maximum Gasteiger partial charge on any atom is 0.263 e. The van der Waals surface area contributed by atoms with Crippen molar-refractivity contribution in [2.75, 3.05) is 6.54 Å². The van der Waals surface area contributed by atoms with Crippen LogP contribution in [-0.2, 0) is 12.8 Å². The number of benzene rings is 2. The van der Waals surface area contributed by atoms with E-state index >= 15 is 0 Å². The molecule has 2 amide bonds. The molecule has 2 aromatic carbocycles. The van der Waals surface area contributed by atoms with Crippen molar-refractivity contribution in [1.29, 1.82) is 0 Å². The van der Waals surface area contributed by atoms with E-state index in [1.807, 2.05) is 31.2 Å². The molecule has 0 spiro atoms. The molecule has 0 atom stereocenters. The third kappa shape index (κ3) is 5.01. The average molecular weight is 379 g/mol. The zero-order valence-electron chi connectivity index (χ0n) is 15.1. The van der Waals surface area contributed by atoms with Crippen LogP contribution in [0.1, 0.15) is 41.9 Å². The predicted octanol–water partition coefficient (Wildman–Crippen LogP) is 3.11. The number of amides is 2. The lowest BCUT2D eigenvalue weighted by atomic mass is 10.1. The van der Waals surface area contributed by atoms with Crippen LogP contribution in [0, 0.1) is 6.92 Å². The van der Waals surface area contributed by atoms with Crippen LogP contribution in [0.25, 0.3) is 0 Å². The summed E-state index contributed by atoms with van der Waals surface area (Å²) >= 11 is 1.43. The van der Waals surface area contributed by atoms with E-state index in [0.29, 0.717) is 23.4 Å². The Bertz CT molecular complexity index is 951. The number of hydrogen-bond acceptors (Lipinski definition) is 4. The first kappa shape index (κ1) is 18.8. The van der Waals surface area contributed by atoms with Gasteiger partial charge in [-0.1, -0.05) is 42.5 Å². The zero-order valence-corrected chi connectivity index (χ0v) is 15.9. The van der Waals surface area contributed by atoms with Crippen LogP contribution in [0.5, 0.6) is 0 Å². The van der Waals surface area contributed by atoms with Crippen molar-refractivity contribution in [2.24, 2.45) is 5.73 Å². The minimum Gasteiger partial charge on any atom is -0.366 e. The Morgan fingerprint density at radius 3 is 2.56 bits per heavy atom. The minimum absolute atomic E-state index is 0.115. The molecule has 0 aliphatic carbocycles. The summed E-state index contributed by atoms with van der Waals surface area (Å²) in [5.74, 6) is -0.567. The molecule has 27 heavy (non-hydrogen) atoms. The van der Waals surface area contributed by atoms with Crippen molar-refractivity contribution < 1.29 is 9.59 Å². The van der Waals surface area contributed by atoms with Gasteiger partial charge < -0.3 is 11.1 Å². The summed E-state index contributed by atoms with van der Waals surface area (Å²) in [6.45, 7) is 2.34. The Balaban J connectivity index is 1.58. The highest BCUT2D eigenvalue weighted by molar-refractivity contribution is 7.13. The lowest BCUT2D eigenvalue weighted by molar-refractivity contribution is 0.0955. The molecule has 0 bridgehead atoms. The van der Waals surface area contributed by atoms with Crippen molar-refractivity contribution >= 4 is 23.2 Å². The monoisotopic (exact) mass is 379 g/mol. The highest BCUT2D eigenvalue weighted by atomic mass is 32.1. The van der Waals surface area contributed by atoms with Crippen LogP contribution in [0.15, 0.2) is 54.6 Å². The van der Waals surface area contributed by atoms with Gasteiger partial charge in [-0.15, -0.1) is 11.3 Å². The van der Waals surface area contributed by atoms with E-state index < -0.39 is 5.91 Å². The van der Waals surface area contributed by atoms with Gasteiger partial charge in [0.15, 0.2) is 0 Å². The predicted molar refractivity (Wildman–Crippen MR) is 107 cm³/mol. The number of aromatic nitrogens is 1. The Hall–Kier alpha value is -2.99. The number of aryl methyl sites for hydroxylation is 1.